The van der Waals surface area contributed by atoms with Crippen molar-refractivity contribution >= 4 is 38.7 Å². The number of benzene rings is 1. The van der Waals surface area contributed by atoms with Gasteiger partial charge in [0, 0.05) is 14.1 Å². The second kappa shape index (κ2) is 6.10. The molecule has 7 nitrogen and oxygen atoms in total. The second-order valence-corrected chi connectivity index (χ2v) is 6.43. The van der Waals surface area contributed by atoms with Crippen LogP contribution in [0.25, 0.3) is 11.2 Å². The van der Waals surface area contributed by atoms with E-state index in [1.54, 1.807) is 36.9 Å². The van der Waals surface area contributed by atoms with Crippen molar-refractivity contribution in [3.05, 3.63) is 54.4 Å². The third kappa shape index (κ3) is 2.55. The van der Waals surface area contributed by atoms with Crippen LogP contribution in [0.5, 0.6) is 5.75 Å². The lowest BCUT2D eigenvalue weighted by Crippen LogP contribution is -2.39. The molecule has 0 aliphatic rings. The molecule has 0 spiro atoms. The smallest absolute Gasteiger partial charge is 0.332 e. The molecule has 2 aromatic heterocycles. The third-order valence-electron chi connectivity index (χ3n) is 3.86. The molecular formula is C15H14BrClN4O3. The van der Waals surface area contributed by atoms with E-state index in [0.29, 0.717) is 26.7 Å². The van der Waals surface area contributed by atoms with Crippen molar-refractivity contribution in [3.8, 4) is 5.75 Å². The van der Waals surface area contributed by atoms with Gasteiger partial charge in [0.2, 0.25) is 0 Å². The average Bonchev–Trinajstić information content (AvgIpc) is 2.86. The standard InChI is InChI=1S/C15H14BrClN4O3/c1-19-11-12(18-14(19)16)20(2)15(23)21(13(11)22)7-8-4-5-9(17)10(6-8)24-3/h4-6H,7H2,1-3H3. The maximum absolute atomic E-state index is 12.8. The minimum absolute atomic E-state index is 0.109. The zero-order chi connectivity index (χ0) is 17.6. The van der Waals surface area contributed by atoms with Gasteiger partial charge in [-0.2, -0.15) is 0 Å². The molecule has 126 valence electrons. The van der Waals surface area contributed by atoms with Gasteiger partial charge in [0.25, 0.3) is 5.56 Å². The molecule has 0 aliphatic carbocycles. The number of rotatable bonds is 3. The minimum Gasteiger partial charge on any atom is -0.495 e. The Hall–Kier alpha value is -2.06. The van der Waals surface area contributed by atoms with Gasteiger partial charge in [0.15, 0.2) is 15.9 Å². The summed E-state index contributed by atoms with van der Waals surface area (Å²) in [6.45, 7) is 0.109. The van der Waals surface area contributed by atoms with E-state index in [9.17, 15) is 9.59 Å². The summed E-state index contributed by atoms with van der Waals surface area (Å²) in [5.74, 6) is 0.489. The molecule has 0 N–H and O–H groups in total. The fourth-order valence-corrected chi connectivity index (χ4v) is 3.08. The fraction of sp³-hybridized carbons (Fsp3) is 0.267. The van der Waals surface area contributed by atoms with Crippen molar-refractivity contribution in [2.24, 2.45) is 14.1 Å². The van der Waals surface area contributed by atoms with Crippen LogP contribution in [0, 0.1) is 0 Å². The lowest BCUT2D eigenvalue weighted by molar-refractivity contribution is 0.414. The first-order chi connectivity index (χ1) is 11.3. The molecule has 24 heavy (non-hydrogen) atoms. The van der Waals surface area contributed by atoms with E-state index in [-0.39, 0.29) is 6.54 Å². The van der Waals surface area contributed by atoms with Gasteiger partial charge in [-0.25, -0.2) is 9.78 Å². The summed E-state index contributed by atoms with van der Waals surface area (Å²) >= 11 is 9.29. The predicted octanol–water partition coefficient (Wildman–Crippen LogP) is 1.91. The number of methoxy groups -OCH3 is 1. The van der Waals surface area contributed by atoms with Gasteiger partial charge in [-0.3, -0.25) is 13.9 Å². The van der Waals surface area contributed by atoms with Crippen molar-refractivity contribution in [1.82, 2.24) is 18.7 Å². The summed E-state index contributed by atoms with van der Waals surface area (Å²) in [7, 11) is 4.80. The number of aryl methyl sites for hydroxylation is 2. The molecule has 3 rings (SSSR count). The van der Waals surface area contributed by atoms with Crippen molar-refractivity contribution in [2.75, 3.05) is 7.11 Å². The lowest BCUT2D eigenvalue weighted by atomic mass is 10.2. The first-order valence-corrected chi connectivity index (χ1v) is 8.16. The van der Waals surface area contributed by atoms with E-state index in [1.165, 1.54) is 16.2 Å². The molecule has 0 unspecified atom stereocenters. The first-order valence-electron chi connectivity index (χ1n) is 6.99. The molecule has 2 heterocycles. The largest absolute Gasteiger partial charge is 0.495 e. The molecule has 0 amide bonds. The van der Waals surface area contributed by atoms with Crippen LogP contribution in [0.1, 0.15) is 5.56 Å². The van der Waals surface area contributed by atoms with E-state index in [2.05, 4.69) is 20.9 Å². The Morgan fingerprint density at radius 3 is 2.62 bits per heavy atom. The van der Waals surface area contributed by atoms with Crippen LogP contribution in [0.15, 0.2) is 32.5 Å². The highest BCUT2D eigenvalue weighted by Crippen LogP contribution is 2.25. The number of aromatic nitrogens is 4. The molecule has 0 bridgehead atoms. The van der Waals surface area contributed by atoms with Gasteiger partial charge in [0.05, 0.1) is 18.7 Å². The van der Waals surface area contributed by atoms with Gasteiger partial charge in [0.1, 0.15) is 5.75 Å². The molecule has 0 atom stereocenters. The first kappa shape index (κ1) is 16.8. The number of ether oxygens (including phenoxy) is 1. The average molecular weight is 414 g/mol. The third-order valence-corrected chi connectivity index (χ3v) is 4.88. The summed E-state index contributed by atoms with van der Waals surface area (Å²) in [6.07, 6.45) is 0. The van der Waals surface area contributed by atoms with Gasteiger partial charge < -0.3 is 9.30 Å². The Balaban J connectivity index is 2.22. The van der Waals surface area contributed by atoms with Crippen LogP contribution in [0.2, 0.25) is 5.02 Å². The van der Waals surface area contributed by atoms with Gasteiger partial charge in [-0.05, 0) is 33.6 Å². The summed E-state index contributed by atoms with van der Waals surface area (Å²) in [5, 5.41) is 0.465. The molecule has 0 saturated carbocycles. The molecule has 0 fully saturated rings. The van der Waals surface area contributed by atoms with Crippen molar-refractivity contribution in [1.29, 1.82) is 0 Å². The van der Waals surface area contributed by atoms with Gasteiger partial charge in [-0.15, -0.1) is 0 Å². The van der Waals surface area contributed by atoms with Crippen LogP contribution in [0.3, 0.4) is 0 Å². The molecule has 1 aromatic carbocycles. The minimum atomic E-state index is -0.438. The Morgan fingerprint density at radius 1 is 1.25 bits per heavy atom. The summed E-state index contributed by atoms with van der Waals surface area (Å²) in [6, 6.07) is 5.13. The highest BCUT2D eigenvalue weighted by atomic mass is 79.9. The van der Waals surface area contributed by atoms with Crippen LogP contribution in [-0.2, 0) is 20.6 Å². The Labute approximate surface area is 150 Å². The van der Waals surface area contributed by atoms with Crippen molar-refractivity contribution < 1.29 is 4.74 Å². The number of imidazole rings is 1. The molecule has 3 aromatic rings. The van der Waals surface area contributed by atoms with E-state index in [1.807, 2.05) is 0 Å². The molecule has 0 saturated heterocycles. The van der Waals surface area contributed by atoms with E-state index >= 15 is 0 Å². The van der Waals surface area contributed by atoms with E-state index in [4.69, 9.17) is 16.3 Å². The van der Waals surface area contributed by atoms with Crippen LogP contribution in [0.4, 0.5) is 0 Å². The molecule has 9 heteroatoms. The van der Waals surface area contributed by atoms with E-state index < -0.39 is 11.2 Å². The van der Waals surface area contributed by atoms with Gasteiger partial charge in [-0.1, -0.05) is 17.7 Å². The Kier molecular flexibility index (Phi) is 4.27. The fourth-order valence-electron chi connectivity index (χ4n) is 2.54. The predicted molar refractivity (Wildman–Crippen MR) is 95.0 cm³/mol. The quantitative estimate of drug-likeness (QED) is 0.615. The molecule has 0 radical (unpaired) electrons. The van der Waals surface area contributed by atoms with Gasteiger partial charge >= 0.3 is 5.69 Å². The Morgan fingerprint density at radius 2 is 1.96 bits per heavy atom. The SMILES string of the molecule is COc1cc(Cn2c(=O)c3c(nc(Br)n3C)n(C)c2=O)ccc1Cl. The highest BCUT2D eigenvalue weighted by molar-refractivity contribution is 9.10. The molecular weight excluding hydrogens is 400 g/mol. The van der Waals surface area contributed by atoms with Crippen LogP contribution < -0.4 is 16.0 Å². The monoisotopic (exact) mass is 412 g/mol. The number of nitrogens with zero attached hydrogens (tertiary/aromatic N) is 4. The zero-order valence-electron chi connectivity index (χ0n) is 13.2. The van der Waals surface area contributed by atoms with Crippen LogP contribution >= 0.6 is 27.5 Å². The molecule has 0 aliphatic heterocycles. The highest BCUT2D eigenvalue weighted by Gasteiger charge is 2.17. The van der Waals surface area contributed by atoms with E-state index in [0.717, 1.165) is 5.56 Å². The van der Waals surface area contributed by atoms with Crippen LogP contribution in [-0.4, -0.2) is 25.8 Å². The normalized spacial score (nSPS) is 11.2. The lowest BCUT2D eigenvalue weighted by Gasteiger charge is -2.10. The zero-order valence-corrected chi connectivity index (χ0v) is 15.6. The number of hydrogen-bond acceptors (Lipinski definition) is 4. The summed E-state index contributed by atoms with van der Waals surface area (Å²) in [4.78, 5) is 29.5. The number of hydrogen-bond donors (Lipinski definition) is 0. The van der Waals surface area contributed by atoms with Crippen molar-refractivity contribution in [3.63, 3.8) is 0 Å². The second-order valence-electron chi connectivity index (χ2n) is 5.31. The summed E-state index contributed by atoms with van der Waals surface area (Å²) in [5.41, 5.74) is 0.583. The Bertz CT molecular complexity index is 1070. The maximum atomic E-state index is 12.8. The number of fused-ring (bicyclic) bond motifs is 1. The topological polar surface area (TPSA) is 71.1 Å². The number of halogens is 2. The maximum Gasteiger partial charge on any atom is 0.332 e. The van der Waals surface area contributed by atoms with Crippen molar-refractivity contribution in [2.45, 2.75) is 6.54 Å². The summed E-state index contributed by atoms with van der Waals surface area (Å²) < 4.78 is 9.79.